The van der Waals surface area contributed by atoms with Crippen LogP contribution in [0, 0.1) is 0 Å². The number of hydrogen-bond donors (Lipinski definition) is 1. The standard InChI is InChI=1S/C10H12N2OS/c1-11-6-7-13-10-8-4-2-3-5-9(8)12-14-10/h2-5,11H,6-7H2,1H3. The molecule has 0 amide bonds. The number of nitrogens with zero attached hydrogens (tertiary/aromatic N) is 1. The van der Waals surface area contributed by atoms with E-state index < -0.39 is 0 Å². The molecule has 0 fully saturated rings. The van der Waals surface area contributed by atoms with Crippen LogP contribution >= 0.6 is 11.5 Å². The van der Waals surface area contributed by atoms with Gasteiger partial charge >= 0.3 is 0 Å². The lowest BCUT2D eigenvalue weighted by Gasteiger charge is -2.01. The molecule has 74 valence electrons. The quantitative estimate of drug-likeness (QED) is 0.779. The second-order valence-electron chi connectivity index (χ2n) is 2.94. The van der Waals surface area contributed by atoms with Crippen LogP contribution in [0.2, 0.25) is 0 Å². The van der Waals surface area contributed by atoms with E-state index in [1.54, 1.807) is 0 Å². The van der Waals surface area contributed by atoms with E-state index in [4.69, 9.17) is 4.74 Å². The van der Waals surface area contributed by atoms with Crippen LogP contribution < -0.4 is 10.1 Å². The fourth-order valence-electron chi connectivity index (χ4n) is 1.22. The van der Waals surface area contributed by atoms with E-state index in [9.17, 15) is 0 Å². The Balaban J connectivity index is 2.17. The second-order valence-corrected chi connectivity index (χ2v) is 3.68. The largest absolute Gasteiger partial charge is 0.481 e. The summed E-state index contributed by atoms with van der Waals surface area (Å²) in [5, 5.41) is 5.06. The van der Waals surface area contributed by atoms with Crippen LogP contribution in [0.5, 0.6) is 5.06 Å². The maximum atomic E-state index is 5.59. The van der Waals surface area contributed by atoms with Crippen LogP contribution in [0.15, 0.2) is 24.3 Å². The van der Waals surface area contributed by atoms with Gasteiger partial charge in [0.05, 0.1) is 10.9 Å². The summed E-state index contributed by atoms with van der Waals surface area (Å²) >= 11 is 1.41. The summed E-state index contributed by atoms with van der Waals surface area (Å²) in [6, 6.07) is 8.02. The van der Waals surface area contributed by atoms with Gasteiger partial charge < -0.3 is 10.1 Å². The molecule has 14 heavy (non-hydrogen) atoms. The zero-order chi connectivity index (χ0) is 9.80. The second kappa shape index (κ2) is 4.39. The molecule has 0 saturated heterocycles. The van der Waals surface area contributed by atoms with Crippen molar-refractivity contribution in [2.75, 3.05) is 20.2 Å². The van der Waals surface area contributed by atoms with E-state index in [0.717, 1.165) is 22.5 Å². The first-order valence-electron chi connectivity index (χ1n) is 4.53. The van der Waals surface area contributed by atoms with Gasteiger partial charge in [-0.1, -0.05) is 12.1 Å². The van der Waals surface area contributed by atoms with E-state index in [1.165, 1.54) is 11.5 Å². The highest BCUT2D eigenvalue weighted by atomic mass is 32.1. The van der Waals surface area contributed by atoms with E-state index in [0.29, 0.717) is 6.61 Å². The van der Waals surface area contributed by atoms with Gasteiger partial charge in [0.25, 0.3) is 0 Å². The highest BCUT2D eigenvalue weighted by Gasteiger charge is 2.04. The van der Waals surface area contributed by atoms with Gasteiger partial charge in [-0.15, -0.1) is 0 Å². The van der Waals surface area contributed by atoms with Crippen LogP contribution in [0.4, 0.5) is 0 Å². The molecule has 0 aliphatic rings. The third-order valence-corrected chi connectivity index (χ3v) is 2.73. The van der Waals surface area contributed by atoms with Gasteiger partial charge in [0.2, 0.25) is 5.06 Å². The van der Waals surface area contributed by atoms with Gasteiger partial charge in [0, 0.05) is 18.1 Å². The molecular weight excluding hydrogens is 196 g/mol. The molecule has 0 saturated carbocycles. The van der Waals surface area contributed by atoms with Crippen molar-refractivity contribution in [1.29, 1.82) is 0 Å². The van der Waals surface area contributed by atoms with Crippen LogP contribution in [0.25, 0.3) is 10.9 Å². The zero-order valence-electron chi connectivity index (χ0n) is 7.99. The van der Waals surface area contributed by atoms with Crippen molar-refractivity contribution in [2.45, 2.75) is 0 Å². The Kier molecular flexibility index (Phi) is 2.96. The Hall–Kier alpha value is -1.13. The highest BCUT2D eigenvalue weighted by Crippen LogP contribution is 2.29. The lowest BCUT2D eigenvalue weighted by molar-refractivity contribution is 0.330. The number of fused-ring (bicyclic) bond motifs is 1. The topological polar surface area (TPSA) is 34.1 Å². The smallest absolute Gasteiger partial charge is 0.201 e. The summed E-state index contributed by atoms with van der Waals surface area (Å²) in [4.78, 5) is 0. The van der Waals surface area contributed by atoms with Crippen molar-refractivity contribution in [2.24, 2.45) is 0 Å². The van der Waals surface area contributed by atoms with Gasteiger partial charge in [-0.25, -0.2) is 0 Å². The number of rotatable bonds is 4. The summed E-state index contributed by atoms with van der Waals surface area (Å²) in [6.07, 6.45) is 0. The average molecular weight is 208 g/mol. The number of likely N-dealkylation sites (N-methyl/N-ethyl adjacent to an activating group) is 1. The molecule has 3 nitrogen and oxygen atoms in total. The Bertz CT molecular complexity index is 413. The number of nitrogens with one attached hydrogen (secondary N) is 1. The SMILES string of the molecule is CNCCOc1snc2ccccc12. The zero-order valence-corrected chi connectivity index (χ0v) is 8.80. The predicted molar refractivity (Wildman–Crippen MR) is 59.0 cm³/mol. The summed E-state index contributed by atoms with van der Waals surface area (Å²) < 4.78 is 9.89. The normalized spacial score (nSPS) is 10.6. The van der Waals surface area contributed by atoms with Gasteiger partial charge in [-0.2, -0.15) is 4.37 Å². The molecule has 0 unspecified atom stereocenters. The first-order valence-corrected chi connectivity index (χ1v) is 5.31. The maximum absolute atomic E-state index is 5.59. The Labute approximate surface area is 86.9 Å². The third-order valence-electron chi connectivity index (χ3n) is 1.94. The first kappa shape index (κ1) is 9.43. The van der Waals surface area contributed by atoms with E-state index >= 15 is 0 Å². The molecular formula is C10H12N2OS. The molecule has 0 aliphatic carbocycles. The van der Waals surface area contributed by atoms with Crippen molar-refractivity contribution < 1.29 is 4.74 Å². The van der Waals surface area contributed by atoms with Crippen LogP contribution in [-0.4, -0.2) is 24.6 Å². The molecule has 0 aliphatic heterocycles. The number of benzene rings is 1. The Morgan fingerprint density at radius 2 is 2.29 bits per heavy atom. The molecule has 1 aromatic heterocycles. The van der Waals surface area contributed by atoms with Crippen molar-refractivity contribution >= 4 is 22.4 Å². The molecule has 1 aromatic carbocycles. The third kappa shape index (κ3) is 1.86. The molecule has 0 bridgehead atoms. The summed E-state index contributed by atoms with van der Waals surface area (Å²) in [6.45, 7) is 1.54. The van der Waals surface area contributed by atoms with Crippen molar-refractivity contribution in [3.05, 3.63) is 24.3 Å². The molecule has 2 rings (SSSR count). The molecule has 4 heteroatoms. The molecule has 0 radical (unpaired) electrons. The summed E-state index contributed by atoms with van der Waals surface area (Å²) in [7, 11) is 1.91. The number of ether oxygens (including phenoxy) is 1. The minimum atomic E-state index is 0.683. The van der Waals surface area contributed by atoms with Crippen LogP contribution in [0.1, 0.15) is 0 Å². The fourth-order valence-corrected chi connectivity index (χ4v) is 1.96. The van der Waals surface area contributed by atoms with Crippen molar-refractivity contribution in [1.82, 2.24) is 9.69 Å². The van der Waals surface area contributed by atoms with Crippen molar-refractivity contribution in [3.63, 3.8) is 0 Å². The van der Waals surface area contributed by atoms with Gasteiger partial charge in [-0.05, 0) is 19.2 Å². The van der Waals surface area contributed by atoms with Gasteiger partial charge in [0.15, 0.2) is 0 Å². The predicted octanol–water partition coefficient (Wildman–Crippen LogP) is 1.89. The lowest BCUT2D eigenvalue weighted by atomic mass is 10.3. The average Bonchev–Trinajstić information content (AvgIpc) is 2.63. The van der Waals surface area contributed by atoms with Crippen molar-refractivity contribution in [3.8, 4) is 5.06 Å². The van der Waals surface area contributed by atoms with E-state index in [-0.39, 0.29) is 0 Å². The van der Waals surface area contributed by atoms with Gasteiger partial charge in [0.1, 0.15) is 6.61 Å². The minimum Gasteiger partial charge on any atom is -0.481 e. The summed E-state index contributed by atoms with van der Waals surface area (Å²) in [5.74, 6) is 0. The Morgan fingerprint density at radius 1 is 1.43 bits per heavy atom. The molecule has 1 N–H and O–H groups in total. The summed E-state index contributed by atoms with van der Waals surface area (Å²) in [5.41, 5.74) is 1.01. The van der Waals surface area contributed by atoms with Gasteiger partial charge in [-0.3, -0.25) is 0 Å². The molecule has 1 heterocycles. The van der Waals surface area contributed by atoms with E-state index in [1.807, 2.05) is 31.3 Å². The first-order chi connectivity index (χ1) is 6.92. The molecule has 0 atom stereocenters. The Morgan fingerprint density at radius 3 is 3.14 bits per heavy atom. The van der Waals surface area contributed by atoms with E-state index in [2.05, 4.69) is 9.69 Å². The lowest BCUT2D eigenvalue weighted by Crippen LogP contribution is -2.15. The molecule has 2 aromatic rings. The minimum absolute atomic E-state index is 0.683. The van der Waals surface area contributed by atoms with Crippen LogP contribution in [0.3, 0.4) is 0 Å². The highest BCUT2D eigenvalue weighted by molar-refractivity contribution is 7.09. The number of aromatic nitrogens is 1. The monoisotopic (exact) mass is 208 g/mol. The fraction of sp³-hybridized carbons (Fsp3) is 0.300. The molecule has 0 spiro atoms. The van der Waals surface area contributed by atoms with Crippen LogP contribution in [-0.2, 0) is 0 Å². The maximum Gasteiger partial charge on any atom is 0.201 e. The number of hydrogen-bond acceptors (Lipinski definition) is 4.